The maximum absolute atomic E-state index is 12.7. The van der Waals surface area contributed by atoms with Crippen LogP contribution in [0, 0.1) is 0 Å². The van der Waals surface area contributed by atoms with Crippen molar-refractivity contribution in [1.82, 2.24) is 29.6 Å². The van der Waals surface area contributed by atoms with Crippen LogP contribution < -0.4 is 0 Å². The average molecular weight is 406 g/mol. The summed E-state index contributed by atoms with van der Waals surface area (Å²) in [6.07, 6.45) is 5.05. The van der Waals surface area contributed by atoms with Crippen LogP contribution in [0.3, 0.4) is 0 Å². The van der Waals surface area contributed by atoms with Gasteiger partial charge in [-0.2, -0.15) is 5.10 Å². The van der Waals surface area contributed by atoms with Crippen molar-refractivity contribution < 1.29 is 9.00 Å². The molecule has 0 unspecified atom stereocenters. The highest BCUT2D eigenvalue weighted by atomic mass is 32.2. The number of hydrogen-bond acceptors (Lipinski definition) is 5. The fourth-order valence-electron chi connectivity index (χ4n) is 3.50. The van der Waals surface area contributed by atoms with Gasteiger partial charge in [-0.15, -0.1) is 0 Å². The van der Waals surface area contributed by atoms with E-state index in [0.29, 0.717) is 30.2 Å². The van der Waals surface area contributed by atoms with Crippen molar-refractivity contribution in [1.29, 1.82) is 0 Å². The van der Waals surface area contributed by atoms with Gasteiger partial charge in [0.25, 0.3) is 5.91 Å². The third-order valence-electron chi connectivity index (χ3n) is 5.07. The molecular formula is C20H18N6O2S. The Morgan fingerprint density at radius 2 is 1.86 bits per heavy atom. The summed E-state index contributed by atoms with van der Waals surface area (Å²) in [5.74, 6) is 1.75. The second-order valence-corrected chi connectivity index (χ2v) is 8.54. The number of carbonyl (C=O) groups is 1. The molecule has 0 aliphatic carbocycles. The molecule has 9 heteroatoms. The number of nitrogens with zero attached hydrogens (tertiary/aromatic N) is 5. The average Bonchev–Trinajstić information content (AvgIpc) is 3.44. The lowest BCUT2D eigenvalue weighted by Gasteiger charge is -2.26. The zero-order valence-corrected chi connectivity index (χ0v) is 16.3. The van der Waals surface area contributed by atoms with Crippen LogP contribution in [0.1, 0.15) is 10.4 Å². The lowest BCUT2D eigenvalue weighted by molar-refractivity contribution is 0.0771. The van der Waals surface area contributed by atoms with E-state index in [1.165, 1.54) is 6.33 Å². The Hall–Kier alpha value is -3.33. The van der Waals surface area contributed by atoms with E-state index in [0.717, 1.165) is 28.1 Å². The molecule has 1 saturated heterocycles. The molecule has 1 fully saturated rings. The number of fused-ring (bicyclic) bond motifs is 1. The highest BCUT2D eigenvalue weighted by Crippen LogP contribution is 2.22. The number of aromatic amines is 1. The molecule has 0 radical (unpaired) electrons. The minimum atomic E-state index is -0.808. The van der Waals surface area contributed by atoms with E-state index in [4.69, 9.17) is 0 Å². The number of aromatic nitrogens is 5. The van der Waals surface area contributed by atoms with Crippen LogP contribution in [-0.4, -0.2) is 64.3 Å². The van der Waals surface area contributed by atoms with Crippen LogP contribution in [-0.2, 0) is 10.8 Å². The lowest BCUT2D eigenvalue weighted by atomic mass is 10.2. The van der Waals surface area contributed by atoms with E-state index < -0.39 is 10.8 Å². The summed E-state index contributed by atoms with van der Waals surface area (Å²) in [5, 5.41) is 7.62. The number of nitrogens with one attached hydrogen (secondary N) is 1. The van der Waals surface area contributed by atoms with Gasteiger partial charge in [0.2, 0.25) is 0 Å². The highest BCUT2D eigenvalue weighted by Gasteiger charge is 2.22. The van der Waals surface area contributed by atoms with Gasteiger partial charge in [0.05, 0.1) is 5.56 Å². The summed E-state index contributed by atoms with van der Waals surface area (Å²) in [4.78, 5) is 23.2. The Labute approximate surface area is 169 Å². The maximum Gasteiger partial charge on any atom is 0.255 e. The summed E-state index contributed by atoms with van der Waals surface area (Å²) in [6, 6.07) is 11.8. The third-order valence-corrected chi connectivity index (χ3v) is 6.35. The molecular weight excluding hydrogens is 388 g/mol. The van der Waals surface area contributed by atoms with E-state index in [2.05, 4.69) is 20.2 Å². The van der Waals surface area contributed by atoms with Crippen LogP contribution in [0.4, 0.5) is 0 Å². The lowest BCUT2D eigenvalue weighted by Crippen LogP contribution is -2.41. The minimum absolute atomic E-state index is 0.0553. The van der Waals surface area contributed by atoms with Crippen molar-refractivity contribution in [3.63, 3.8) is 0 Å². The zero-order chi connectivity index (χ0) is 19.8. The van der Waals surface area contributed by atoms with E-state index >= 15 is 0 Å². The topological polar surface area (TPSA) is 96.8 Å². The van der Waals surface area contributed by atoms with E-state index in [1.54, 1.807) is 11.1 Å². The Balaban J connectivity index is 1.42. The number of carbonyl (C=O) groups excluding carboxylic acids is 1. The van der Waals surface area contributed by atoms with Gasteiger partial charge in [-0.25, -0.2) is 9.97 Å². The summed E-state index contributed by atoms with van der Waals surface area (Å²) in [6.45, 7) is 1.06. The fourth-order valence-corrected chi connectivity index (χ4v) is 4.55. The smallest absolute Gasteiger partial charge is 0.255 e. The number of amides is 1. The molecule has 8 nitrogen and oxygen atoms in total. The first-order chi connectivity index (χ1) is 14.2. The monoisotopic (exact) mass is 406 g/mol. The number of hydrogen-bond donors (Lipinski definition) is 1. The molecule has 1 N–H and O–H groups in total. The molecule has 1 aliphatic heterocycles. The fraction of sp³-hybridized carbons (Fsp3) is 0.200. The summed E-state index contributed by atoms with van der Waals surface area (Å²) >= 11 is 0. The first kappa shape index (κ1) is 17.7. The molecule has 0 spiro atoms. The molecule has 0 atom stereocenters. The molecule has 0 bridgehead atoms. The quantitative estimate of drug-likeness (QED) is 0.561. The highest BCUT2D eigenvalue weighted by molar-refractivity contribution is 7.85. The number of benzene rings is 1. The maximum atomic E-state index is 12.7. The molecule has 3 aromatic heterocycles. The van der Waals surface area contributed by atoms with Crippen LogP contribution in [0.2, 0.25) is 0 Å². The SMILES string of the molecule is O=C(c1cnc2c(ccn2-c2ccc(-c3ncn[nH]3)cc2)c1)N1CCS(=O)CC1. The van der Waals surface area contributed by atoms with Gasteiger partial charge in [-0.1, -0.05) is 0 Å². The van der Waals surface area contributed by atoms with Crippen molar-refractivity contribution in [2.75, 3.05) is 24.6 Å². The van der Waals surface area contributed by atoms with Crippen LogP contribution in [0.25, 0.3) is 28.1 Å². The molecule has 1 aromatic carbocycles. The molecule has 4 aromatic rings. The summed E-state index contributed by atoms with van der Waals surface area (Å²) < 4.78 is 13.5. The molecule has 5 rings (SSSR count). The minimum Gasteiger partial charge on any atom is -0.337 e. The normalized spacial score (nSPS) is 15.1. The van der Waals surface area contributed by atoms with Crippen molar-refractivity contribution in [3.05, 3.63) is 60.7 Å². The van der Waals surface area contributed by atoms with Crippen LogP contribution >= 0.6 is 0 Å². The second-order valence-electron chi connectivity index (χ2n) is 6.84. The zero-order valence-electron chi connectivity index (χ0n) is 15.5. The van der Waals surface area contributed by atoms with Gasteiger partial charge in [0.1, 0.15) is 12.0 Å². The summed E-state index contributed by atoms with van der Waals surface area (Å²) in [5.41, 5.74) is 3.26. The largest absolute Gasteiger partial charge is 0.337 e. The molecule has 4 heterocycles. The summed E-state index contributed by atoms with van der Waals surface area (Å²) in [7, 11) is -0.808. The van der Waals surface area contributed by atoms with Crippen molar-refractivity contribution >= 4 is 27.7 Å². The van der Waals surface area contributed by atoms with E-state index in [-0.39, 0.29) is 5.91 Å². The molecule has 146 valence electrons. The van der Waals surface area contributed by atoms with Gasteiger partial charge in [-0.3, -0.25) is 14.1 Å². The van der Waals surface area contributed by atoms with E-state index in [1.807, 2.05) is 47.2 Å². The third kappa shape index (κ3) is 3.33. The van der Waals surface area contributed by atoms with Gasteiger partial charge >= 0.3 is 0 Å². The number of pyridine rings is 1. The Kier molecular flexibility index (Phi) is 4.44. The standard InChI is InChI=1S/C20H18N6O2S/c27-20(25-7-9-29(28)10-8-25)16-11-15-5-6-26(19(15)21-12-16)17-3-1-14(2-4-17)18-22-13-23-24-18/h1-6,11-13H,7-10H2,(H,22,23,24). The Morgan fingerprint density at radius 1 is 1.07 bits per heavy atom. The van der Waals surface area contributed by atoms with Gasteiger partial charge in [0, 0.05) is 64.4 Å². The van der Waals surface area contributed by atoms with Crippen LogP contribution in [0.5, 0.6) is 0 Å². The van der Waals surface area contributed by atoms with Crippen molar-refractivity contribution in [2.45, 2.75) is 0 Å². The predicted molar refractivity (Wildman–Crippen MR) is 110 cm³/mol. The van der Waals surface area contributed by atoms with Crippen molar-refractivity contribution in [2.24, 2.45) is 0 Å². The number of H-pyrrole nitrogens is 1. The Bertz CT molecular complexity index is 1190. The van der Waals surface area contributed by atoms with Crippen molar-refractivity contribution in [3.8, 4) is 17.1 Å². The van der Waals surface area contributed by atoms with E-state index in [9.17, 15) is 9.00 Å². The first-order valence-electron chi connectivity index (χ1n) is 9.26. The number of rotatable bonds is 3. The van der Waals surface area contributed by atoms with Crippen LogP contribution in [0.15, 0.2) is 55.1 Å². The molecule has 0 saturated carbocycles. The molecule has 1 aliphatic rings. The predicted octanol–water partition coefficient (Wildman–Crippen LogP) is 2.02. The van der Waals surface area contributed by atoms with Gasteiger partial charge in [0.15, 0.2) is 5.82 Å². The first-order valence-corrected chi connectivity index (χ1v) is 10.8. The Morgan fingerprint density at radius 3 is 2.59 bits per heavy atom. The molecule has 1 amide bonds. The van der Waals surface area contributed by atoms with Gasteiger partial charge < -0.3 is 9.47 Å². The molecule has 29 heavy (non-hydrogen) atoms. The van der Waals surface area contributed by atoms with Gasteiger partial charge in [-0.05, 0) is 36.4 Å². The second kappa shape index (κ2) is 7.25.